The summed E-state index contributed by atoms with van der Waals surface area (Å²) in [6.07, 6.45) is 8.84. The number of nitrogens with one attached hydrogen (secondary N) is 3. The quantitative estimate of drug-likeness (QED) is 0.0952. The number of hydrogen-bond donors (Lipinski definition) is 6. The molecule has 41 heavy (non-hydrogen) atoms. The van der Waals surface area contributed by atoms with Gasteiger partial charge in [0.05, 0.1) is 12.1 Å². The average Bonchev–Trinajstić information content (AvgIpc) is 3.57. The number of carboxylic acid groups (broad SMARTS) is 1. The molecule has 8 N–H and O–H groups in total. The Bertz CT molecular complexity index is 1240. The van der Waals surface area contributed by atoms with E-state index in [1.165, 1.54) is 12.1 Å². The number of aliphatic imine (C=N–C) groups is 2. The fraction of sp³-hybridized carbons (Fsp3) is 0.600. The van der Waals surface area contributed by atoms with Crippen LogP contribution in [-0.4, -0.2) is 57.9 Å². The third kappa shape index (κ3) is 10.1. The molecule has 0 unspecified atom stereocenters. The molecule has 0 aliphatic heterocycles. The van der Waals surface area contributed by atoms with Gasteiger partial charge in [-0.15, -0.1) is 0 Å². The molecule has 3 atom stereocenters. The number of amides is 1. The number of unbranched alkanes of at least 4 members (excludes halogenated alkanes) is 1. The lowest BCUT2D eigenvalue weighted by molar-refractivity contribution is -0.137. The number of fused-ring (bicyclic) bond motifs is 1. The lowest BCUT2D eigenvalue weighted by atomic mass is 10.0. The monoisotopic (exact) mass is 571 g/mol. The Morgan fingerprint density at radius 2 is 1.95 bits per heavy atom. The summed E-state index contributed by atoms with van der Waals surface area (Å²) in [4.78, 5) is 36.0. The number of carbonyl (C=O) groups is 2. The molecule has 1 aliphatic rings. The summed E-state index contributed by atoms with van der Waals surface area (Å²) in [6.45, 7) is 6.45. The molecule has 1 heterocycles. The molecule has 226 valence electrons. The Kier molecular flexibility index (Phi) is 11.5. The normalized spacial score (nSPS) is 17.2. The summed E-state index contributed by atoms with van der Waals surface area (Å²) in [5, 5.41) is 16.0. The first-order valence-corrected chi connectivity index (χ1v) is 14.7. The number of carbonyl (C=O) groups excluding carboxylic acids is 1. The summed E-state index contributed by atoms with van der Waals surface area (Å²) < 4.78 is 13.9. The van der Waals surface area contributed by atoms with Gasteiger partial charge >= 0.3 is 5.97 Å². The fourth-order valence-corrected chi connectivity index (χ4v) is 5.06. The van der Waals surface area contributed by atoms with Crippen molar-refractivity contribution in [3.8, 4) is 0 Å². The molecule has 1 fully saturated rings. The summed E-state index contributed by atoms with van der Waals surface area (Å²) in [5.41, 5.74) is 14.0. The third-order valence-electron chi connectivity index (χ3n) is 7.74. The Morgan fingerprint density at radius 1 is 1.20 bits per heavy atom. The zero-order valence-electron chi connectivity index (χ0n) is 24.5. The van der Waals surface area contributed by atoms with Crippen LogP contribution in [0.2, 0.25) is 0 Å². The maximum absolute atomic E-state index is 13.9. The van der Waals surface area contributed by atoms with Crippen molar-refractivity contribution in [3.63, 3.8) is 0 Å². The van der Waals surface area contributed by atoms with Crippen molar-refractivity contribution in [3.05, 3.63) is 35.8 Å². The molecule has 0 radical (unpaired) electrons. The van der Waals surface area contributed by atoms with Gasteiger partial charge in [-0.05, 0) is 75.6 Å². The second-order valence-electron chi connectivity index (χ2n) is 11.4. The van der Waals surface area contributed by atoms with E-state index >= 15 is 0 Å². The Balaban J connectivity index is 1.54. The predicted octanol–water partition coefficient (Wildman–Crippen LogP) is 3.99. The number of hydrogen-bond acceptors (Lipinski definition) is 4. The van der Waals surface area contributed by atoms with E-state index in [9.17, 15) is 14.0 Å². The van der Waals surface area contributed by atoms with E-state index in [1.807, 2.05) is 27.0 Å². The van der Waals surface area contributed by atoms with Gasteiger partial charge in [0.2, 0.25) is 5.91 Å². The smallest absolute Gasteiger partial charge is 0.303 e. The molecule has 3 rings (SSSR count). The second-order valence-corrected chi connectivity index (χ2v) is 11.4. The summed E-state index contributed by atoms with van der Waals surface area (Å²) >= 11 is 0. The number of amidine groups is 1. The highest BCUT2D eigenvalue weighted by Crippen LogP contribution is 2.39. The maximum Gasteiger partial charge on any atom is 0.303 e. The minimum atomic E-state index is -0.807. The Labute approximate surface area is 241 Å². The van der Waals surface area contributed by atoms with Crippen LogP contribution in [0.15, 0.2) is 34.4 Å². The van der Waals surface area contributed by atoms with Gasteiger partial charge in [0.15, 0.2) is 5.96 Å². The van der Waals surface area contributed by atoms with Crippen LogP contribution in [-0.2, 0) is 16.0 Å². The van der Waals surface area contributed by atoms with Crippen LogP contribution in [0.25, 0.3) is 10.9 Å². The van der Waals surface area contributed by atoms with E-state index in [0.717, 1.165) is 61.4 Å². The Hall–Kier alpha value is -3.63. The zero-order valence-corrected chi connectivity index (χ0v) is 24.5. The Morgan fingerprint density at radius 3 is 2.63 bits per heavy atom. The van der Waals surface area contributed by atoms with Gasteiger partial charge in [-0.25, -0.2) is 4.39 Å². The standard InChI is InChI=1S/C30H46FN7O3/c1-4-7-19(2)28(41)37-25(16-21-18-35-24-10-9-22(31)17-23(21)24)27(32)34-15-6-5-8-20(3)36-29(33)38-30(13-14-30)12-11-26(39)40/h9-10,17-20,25,35H,4-8,11-16H2,1-3H3,(H2,32,34)(H,37,41)(H,39,40)(H3,33,36,38)/t19-,20-,25+/m1/s1. The number of guanidine groups is 1. The van der Waals surface area contributed by atoms with Gasteiger partial charge in [-0.1, -0.05) is 20.3 Å². The highest BCUT2D eigenvalue weighted by Gasteiger charge is 2.43. The first-order chi connectivity index (χ1) is 19.5. The van der Waals surface area contributed by atoms with Crippen molar-refractivity contribution in [2.75, 3.05) is 6.54 Å². The van der Waals surface area contributed by atoms with Crippen LogP contribution >= 0.6 is 0 Å². The van der Waals surface area contributed by atoms with Crippen LogP contribution in [0.1, 0.15) is 84.1 Å². The topological polar surface area (TPSA) is 171 Å². The molecule has 0 spiro atoms. The summed E-state index contributed by atoms with van der Waals surface area (Å²) in [7, 11) is 0. The molecule has 0 bridgehead atoms. The number of H-pyrrole nitrogens is 1. The molecular weight excluding hydrogens is 525 g/mol. The van der Waals surface area contributed by atoms with E-state index in [2.05, 4.69) is 25.6 Å². The highest BCUT2D eigenvalue weighted by molar-refractivity contribution is 5.92. The lowest BCUT2D eigenvalue weighted by Gasteiger charge is -2.21. The van der Waals surface area contributed by atoms with Crippen molar-refractivity contribution in [1.82, 2.24) is 15.6 Å². The van der Waals surface area contributed by atoms with Crippen LogP contribution in [0.3, 0.4) is 0 Å². The van der Waals surface area contributed by atoms with Gasteiger partial charge < -0.3 is 32.2 Å². The molecule has 2 aromatic rings. The van der Waals surface area contributed by atoms with E-state index in [4.69, 9.17) is 16.6 Å². The number of carboxylic acids is 1. The van der Waals surface area contributed by atoms with Crippen molar-refractivity contribution >= 4 is 34.6 Å². The molecule has 1 aromatic carbocycles. The van der Waals surface area contributed by atoms with Crippen molar-refractivity contribution in [1.29, 1.82) is 0 Å². The van der Waals surface area contributed by atoms with Crippen molar-refractivity contribution < 1.29 is 19.1 Å². The molecule has 0 saturated heterocycles. The van der Waals surface area contributed by atoms with E-state index in [1.54, 1.807) is 6.07 Å². The molecular formula is C30H46FN7O3. The van der Waals surface area contributed by atoms with Gasteiger partial charge in [-0.2, -0.15) is 0 Å². The molecule has 1 aromatic heterocycles. The molecule has 1 saturated carbocycles. The predicted molar refractivity (Wildman–Crippen MR) is 161 cm³/mol. The van der Waals surface area contributed by atoms with Crippen LogP contribution < -0.4 is 22.1 Å². The van der Waals surface area contributed by atoms with Crippen LogP contribution in [0.4, 0.5) is 4.39 Å². The van der Waals surface area contributed by atoms with Gasteiger partial charge in [0, 0.05) is 47.9 Å². The van der Waals surface area contributed by atoms with Crippen molar-refractivity contribution in [2.24, 2.45) is 27.4 Å². The minimum absolute atomic E-state index is 0.00783. The van der Waals surface area contributed by atoms with Crippen LogP contribution in [0, 0.1) is 11.7 Å². The number of halogens is 1. The first-order valence-electron chi connectivity index (χ1n) is 14.7. The average molecular weight is 572 g/mol. The zero-order chi connectivity index (χ0) is 30.0. The van der Waals surface area contributed by atoms with Gasteiger partial charge in [0.25, 0.3) is 0 Å². The largest absolute Gasteiger partial charge is 0.481 e. The number of aromatic amines is 1. The number of nitrogens with two attached hydrogens (primary N) is 2. The number of rotatable bonds is 17. The fourth-order valence-electron chi connectivity index (χ4n) is 5.06. The third-order valence-corrected chi connectivity index (χ3v) is 7.74. The van der Waals surface area contributed by atoms with Gasteiger partial charge in [0.1, 0.15) is 11.7 Å². The van der Waals surface area contributed by atoms with Gasteiger partial charge in [-0.3, -0.25) is 19.6 Å². The van der Waals surface area contributed by atoms with E-state index in [0.29, 0.717) is 31.2 Å². The molecule has 11 heteroatoms. The first kappa shape index (κ1) is 31.9. The van der Waals surface area contributed by atoms with E-state index < -0.39 is 12.0 Å². The minimum Gasteiger partial charge on any atom is -0.481 e. The lowest BCUT2D eigenvalue weighted by Crippen LogP contribution is -2.47. The number of aromatic nitrogens is 1. The summed E-state index contributed by atoms with van der Waals surface area (Å²) in [6, 6.07) is 4.09. The molecule has 1 amide bonds. The molecule has 10 nitrogen and oxygen atoms in total. The maximum atomic E-state index is 13.9. The second kappa shape index (κ2) is 14.8. The SMILES string of the molecule is CCC[C@@H](C)C(=O)N[C@@H](Cc1c[nH]c2ccc(F)cc12)C(N)=NCCCC[C@@H](C)N=C(N)NC1(CCC(=O)O)CC1. The highest BCUT2D eigenvalue weighted by atomic mass is 19.1. The number of benzene rings is 1. The number of aliphatic carboxylic acids is 1. The summed E-state index contributed by atoms with van der Waals surface area (Å²) in [5.74, 6) is -0.641. The number of nitrogens with zero attached hydrogens (tertiary/aromatic N) is 2. The van der Waals surface area contributed by atoms with Crippen molar-refractivity contribution in [2.45, 2.75) is 103 Å². The van der Waals surface area contributed by atoms with Crippen LogP contribution in [0.5, 0.6) is 0 Å². The molecule has 1 aliphatic carbocycles. The van der Waals surface area contributed by atoms with E-state index in [-0.39, 0.29) is 35.6 Å².